The summed E-state index contributed by atoms with van der Waals surface area (Å²) in [6.07, 6.45) is -2.15. The number of nitrogens with zero attached hydrogens (tertiary/aromatic N) is 4. The Morgan fingerprint density at radius 3 is 1.01 bits per heavy atom. The number of halogens is 6. The van der Waals surface area contributed by atoms with E-state index in [1.165, 1.54) is 158 Å². The Balaban J connectivity index is 0.000000250. The van der Waals surface area contributed by atoms with E-state index in [-0.39, 0.29) is 125 Å². The Morgan fingerprint density at radius 2 is 0.710 bits per heavy atom. The van der Waals surface area contributed by atoms with Crippen molar-refractivity contribution in [3.8, 4) is 73.4 Å². The molecule has 0 spiro atoms. The summed E-state index contributed by atoms with van der Waals surface area (Å²) in [4.78, 5) is 165. The maximum absolute atomic E-state index is 14.0. The second-order valence-electron chi connectivity index (χ2n) is 28.4. The molecule has 0 aliphatic rings. The molecule has 138 heavy (non-hydrogen) atoms. The maximum Gasteiger partial charge on any atom is 0.335 e. The molecular weight excluding hydrogens is 1980 g/mol. The standard InChI is InChI=1S/2C31H26ClNO6.C18H18ClNO5.C15H14ClNO3.C7H7Br.C4H7BrO2/c2*1-19(34)24-13-12-23(32)16-25(24)26-17-30(36)33(18-29(26)39-2)27(14-20-6-4-3-5-7-20)28(35)15-21-8-10-22(11-9-21)31(37)38;1-4-25-18(23)10-20-9-16(24-3)15(8-17(20)22)14-7-12(19)5-6-13(14)11(2)21;1-9(18)11-5-4-10(16)6-12(11)13-7-15(20-3)17-8-14(13)19-2;8-6-7-4-2-1-3-5-7;1-2-7-4(6)3-5/h2*3-13,16-18,27H,14-15H2,1-2H3,(H,37,38);5-9H,4,10H2,1-3H3;4-8H,1-3H3;1-5H,6H2;2-3H2,1H3/t2*27-;;;;/m10..../s1/i2*3D,4D,5D,6D,7D,14D2;;;1D,2D,3D,4D,5D,6D2;. The van der Waals surface area contributed by atoms with Crippen LogP contribution < -0.4 is 40.4 Å². The third-order valence-electron chi connectivity index (χ3n) is 19.2. The molecule has 0 saturated carbocycles. The van der Waals surface area contributed by atoms with Crippen molar-refractivity contribution in [3.05, 3.63) is 373 Å². The number of methoxy groups -OCH3 is 5. The molecule has 26 nitrogen and oxygen atoms in total. The van der Waals surface area contributed by atoms with Crippen LogP contribution in [0.3, 0.4) is 0 Å². The Morgan fingerprint density at radius 1 is 0.391 bits per heavy atom. The highest BCUT2D eigenvalue weighted by Crippen LogP contribution is 2.40. The first kappa shape index (κ1) is 81.2. The number of ether oxygens (including phenoxy) is 7. The second kappa shape index (κ2) is 54.1. The summed E-state index contributed by atoms with van der Waals surface area (Å²) in [5.74, 6) is -4.73. The molecule has 716 valence electrons. The van der Waals surface area contributed by atoms with Crippen LogP contribution in [0.5, 0.6) is 28.9 Å². The molecular formula is C106H98Br2Cl4N4O22. The van der Waals surface area contributed by atoms with E-state index in [0.29, 0.717) is 72.7 Å². The Kier molecular flexibility index (Phi) is 31.8. The van der Waals surface area contributed by atoms with Crippen molar-refractivity contribution in [2.75, 3.05) is 54.1 Å². The first-order chi connectivity index (χ1) is 74.4. The number of carbonyl (C=O) groups excluding carboxylic acids is 8. The number of aromatic nitrogens is 4. The van der Waals surface area contributed by atoms with Gasteiger partial charge in [-0.1, -0.05) is 193 Å². The number of rotatable bonds is 33. The van der Waals surface area contributed by atoms with E-state index in [2.05, 4.69) is 41.6 Å². The van der Waals surface area contributed by atoms with Gasteiger partial charge in [0.05, 0.1) is 117 Å². The van der Waals surface area contributed by atoms with Crippen LogP contribution in [-0.2, 0) is 66.1 Å². The molecule has 0 fully saturated rings. The summed E-state index contributed by atoms with van der Waals surface area (Å²) < 4.78 is 208. The van der Waals surface area contributed by atoms with E-state index in [4.69, 9.17) is 104 Å². The number of esters is 2. The molecule has 9 aromatic carbocycles. The van der Waals surface area contributed by atoms with Crippen LogP contribution in [0, 0.1) is 0 Å². The third-order valence-corrected chi connectivity index (χ3v) is 21.0. The predicted molar refractivity (Wildman–Crippen MR) is 540 cm³/mol. The van der Waals surface area contributed by atoms with E-state index < -0.39 is 191 Å². The van der Waals surface area contributed by atoms with Crippen molar-refractivity contribution < 1.29 is 120 Å². The van der Waals surface area contributed by atoms with Crippen LogP contribution in [0.25, 0.3) is 44.5 Å². The zero-order valence-corrected chi connectivity index (χ0v) is 81.4. The van der Waals surface area contributed by atoms with E-state index in [1.54, 1.807) is 69.6 Å². The van der Waals surface area contributed by atoms with Gasteiger partial charge in [0.25, 0.3) is 16.7 Å². The summed E-state index contributed by atoms with van der Waals surface area (Å²) in [5, 5.41) is 18.0. The van der Waals surface area contributed by atoms with Gasteiger partial charge >= 0.3 is 23.9 Å². The van der Waals surface area contributed by atoms with Gasteiger partial charge in [-0.05, 0) is 189 Å². The third kappa shape index (κ3) is 31.3. The Hall–Kier alpha value is -14.0. The summed E-state index contributed by atoms with van der Waals surface area (Å²) in [6, 6.07) is 18.7. The molecule has 0 amide bonds. The van der Waals surface area contributed by atoms with Crippen molar-refractivity contribution in [3.63, 3.8) is 0 Å². The fourth-order valence-corrected chi connectivity index (χ4v) is 13.9. The van der Waals surface area contributed by atoms with Crippen molar-refractivity contribution >= 4 is 137 Å². The summed E-state index contributed by atoms with van der Waals surface area (Å²) in [7, 11) is 7.01. The van der Waals surface area contributed by atoms with Crippen LogP contribution in [0.2, 0.25) is 20.1 Å². The minimum Gasteiger partial charge on any atom is -0.495 e. The van der Waals surface area contributed by atoms with E-state index in [0.717, 1.165) is 33.7 Å². The predicted octanol–water partition coefficient (Wildman–Crippen LogP) is 21.4. The minimum absolute atomic E-state index is 0.0468. The summed E-state index contributed by atoms with van der Waals surface area (Å²) in [5.41, 5.74) is 0.429. The molecule has 13 rings (SSSR count). The van der Waals surface area contributed by atoms with E-state index in [9.17, 15) is 72.5 Å². The van der Waals surface area contributed by atoms with Gasteiger partial charge in [-0.3, -0.25) is 52.7 Å². The van der Waals surface area contributed by atoms with Crippen LogP contribution in [0.15, 0.2) is 275 Å². The first-order valence-corrected chi connectivity index (χ1v) is 44.0. The topological polar surface area (TPSA) is 355 Å². The number of aromatic carboxylic acids is 2. The average Bonchev–Trinajstić information content (AvgIpc) is 0.736. The van der Waals surface area contributed by atoms with Gasteiger partial charge in [0.1, 0.15) is 34.9 Å². The number of Topliss-reactive ketones (excluding diaryl/α,β-unsaturated/α-hetero) is 6. The molecule has 4 heterocycles. The highest BCUT2D eigenvalue weighted by molar-refractivity contribution is 9.09. The van der Waals surface area contributed by atoms with Crippen molar-refractivity contribution in [2.45, 2.75) is 91.0 Å². The molecule has 0 bridgehead atoms. The Bertz CT molecular complexity index is 7660. The fraction of sp³-hybridized carbons (Fsp3) is 0.208. The summed E-state index contributed by atoms with van der Waals surface area (Å²) >= 11 is 30.0. The zero-order chi connectivity index (χ0) is 119. The molecule has 13 aromatic rings. The monoisotopic (exact) mass is 2100 g/mol. The SMILES string of the molecule is CCOC(=O)CBr.CCOC(=O)Cn1cc(OC)c(-c2cc(Cl)ccc2C(C)=O)cc1=O.COc1cc(-c2cc(Cl)ccc2C(C)=O)c(OC)cn1.[2H]c1c([2H])c([2H])c(C([2H])([2H])Br)c([2H])c1[2H].[2H]c1c([2H])c([2H])c(C([2H])([2H])[C@@H](C(=O)Cc2ccc(C(=O)O)cc2)n2cc(OC)c(-c3cc(Cl)ccc3C(C)=O)cc2=O)c([2H])c1[2H].[2H]c1c([2H])c([2H])c(C([2H])([2H])[C@H](C(=O)Cc2ccc(C(=O)O)cc2)n2cc(OC)c(-c3cc(Cl)ccc3C(C)=O)cc2=O)c([2H])c1[2H]. The van der Waals surface area contributed by atoms with Crippen molar-refractivity contribution in [1.82, 2.24) is 18.7 Å². The molecule has 0 radical (unpaired) electrons. The number of carbonyl (C=O) groups is 10. The maximum atomic E-state index is 14.0. The lowest BCUT2D eigenvalue weighted by Crippen LogP contribution is -2.32. The number of alkyl halides is 2. The quantitative estimate of drug-likeness (QED) is 0.0219. The minimum atomic E-state index is -3.08. The van der Waals surface area contributed by atoms with E-state index >= 15 is 0 Å². The van der Waals surface area contributed by atoms with Gasteiger partial charge in [-0.2, -0.15) is 0 Å². The number of carboxylic acids is 2. The van der Waals surface area contributed by atoms with E-state index in [1.807, 2.05) is 0 Å². The van der Waals surface area contributed by atoms with Crippen molar-refractivity contribution in [2.24, 2.45) is 0 Å². The molecule has 0 aliphatic carbocycles. The summed E-state index contributed by atoms with van der Waals surface area (Å²) in [6.45, 7) is 9.50. The van der Waals surface area contributed by atoms with Crippen LogP contribution in [-0.4, -0.2) is 142 Å². The van der Waals surface area contributed by atoms with Crippen LogP contribution >= 0.6 is 78.3 Å². The zero-order valence-electron chi connectivity index (χ0n) is 96.2. The molecule has 0 saturated heterocycles. The molecule has 32 heteroatoms. The Labute approximate surface area is 862 Å². The fourth-order valence-electron chi connectivity index (χ4n) is 12.8. The lowest BCUT2D eigenvalue weighted by Gasteiger charge is -2.21. The number of hydrogen-bond acceptors (Lipinski definition) is 21. The van der Waals surface area contributed by atoms with Crippen LogP contribution in [0.1, 0.15) is 172 Å². The second-order valence-corrected chi connectivity index (χ2v) is 31.1. The lowest BCUT2D eigenvalue weighted by molar-refractivity contribution is -0.144. The molecule has 4 aromatic heterocycles. The smallest absolute Gasteiger partial charge is 0.335 e. The van der Waals surface area contributed by atoms with Gasteiger partial charge in [-0.15, -0.1) is 0 Å². The highest BCUT2D eigenvalue weighted by Gasteiger charge is 2.29. The lowest BCUT2D eigenvalue weighted by atomic mass is 9.95. The highest BCUT2D eigenvalue weighted by atomic mass is 79.9. The van der Waals surface area contributed by atoms with Gasteiger partial charge in [0, 0.05) is 128 Å². The number of benzene rings is 9. The van der Waals surface area contributed by atoms with Gasteiger partial charge < -0.3 is 57.1 Å². The molecule has 2 N–H and O–H groups in total. The molecule has 0 unspecified atom stereocenters. The number of ketones is 6. The number of hydrogen-bond donors (Lipinski definition) is 2. The van der Waals surface area contributed by atoms with Gasteiger partial charge in [0.2, 0.25) is 5.88 Å². The first-order valence-electron chi connectivity index (χ1n) is 51.1. The normalized spacial score (nSPS) is 13.3. The van der Waals surface area contributed by atoms with Gasteiger partial charge in [-0.25, -0.2) is 14.6 Å². The van der Waals surface area contributed by atoms with Crippen molar-refractivity contribution in [1.29, 1.82) is 0 Å². The number of carboxylic acid groups (broad SMARTS) is 2. The molecule has 2 atom stereocenters. The largest absolute Gasteiger partial charge is 0.495 e. The van der Waals surface area contributed by atoms with Crippen LogP contribution in [0.4, 0.5) is 0 Å². The number of pyridine rings is 4. The molecule has 0 aliphatic heterocycles. The average molecular weight is 2100 g/mol. The van der Waals surface area contributed by atoms with Gasteiger partial charge in [0.15, 0.2) is 34.7 Å².